The fraction of sp³-hybridized carbons (Fsp3) is 0.500. The topological polar surface area (TPSA) is 74.0 Å². The van der Waals surface area contributed by atoms with Gasteiger partial charge in [0.15, 0.2) is 12.5 Å². The van der Waals surface area contributed by atoms with Crippen LogP contribution in [0.1, 0.15) is 30.2 Å². The van der Waals surface area contributed by atoms with E-state index >= 15 is 0 Å². The molecule has 0 N–H and O–H groups in total. The average Bonchev–Trinajstić information content (AvgIpc) is 3.13. The third-order valence-corrected chi connectivity index (χ3v) is 4.73. The van der Waals surface area contributed by atoms with Crippen molar-refractivity contribution in [2.45, 2.75) is 32.4 Å². The van der Waals surface area contributed by atoms with Gasteiger partial charge in [-0.05, 0) is 31.0 Å². The van der Waals surface area contributed by atoms with Gasteiger partial charge in [0.2, 0.25) is 0 Å². The van der Waals surface area contributed by atoms with E-state index in [1.165, 1.54) is 12.7 Å². The SMILES string of the molecule is COC(=O)COc1ccc(CC(C)N2CCOC(c3coc(C)n3)C2)cc1. The van der Waals surface area contributed by atoms with Gasteiger partial charge in [-0.15, -0.1) is 0 Å². The molecule has 1 fully saturated rings. The van der Waals surface area contributed by atoms with Crippen molar-refractivity contribution in [2.24, 2.45) is 0 Å². The minimum atomic E-state index is -0.392. The number of rotatable bonds is 7. The Hall–Kier alpha value is -2.38. The zero-order chi connectivity index (χ0) is 19.2. The molecule has 7 nitrogen and oxygen atoms in total. The zero-order valence-corrected chi connectivity index (χ0v) is 16.0. The van der Waals surface area contributed by atoms with Crippen LogP contribution < -0.4 is 4.74 Å². The van der Waals surface area contributed by atoms with E-state index in [4.69, 9.17) is 13.9 Å². The normalized spacial score (nSPS) is 18.9. The number of esters is 1. The van der Waals surface area contributed by atoms with Gasteiger partial charge in [0.25, 0.3) is 0 Å². The van der Waals surface area contributed by atoms with Gasteiger partial charge in [0.1, 0.15) is 23.8 Å². The van der Waals surface area contributed by atoms with Crippen LogP contribution in [0.25, 0.3) is 0 Å². The molecule has 1 aliphatic heterocycles. The van der Waals surface area contributed by atoms with Gasteiger partial charge in [-0.1, -0.05) is 12.1 Å². The minimum absolute atomic E-state index is 0.0484. The highest BCUT2D eigenvalue weighted by Crippen LogP contribution is 2.24. The van der Waals surface area contributed by atoms with Crippen molar-refractivity contribution >= 4 is 5.97 Å². The molecule has 0 spiro atoms. The summed E-state index contributed by atoms with van der Waals surface area (Å²) in [5.74, 6) is 0.926. The fourth-order valence-corrected chi connectivity index (χ4v) is 3.17. The zero-order valence-electron chi connectivity index (χ0n) is 16.0. The highest BCUT2D eigenvalue weighted by Gasteiger charge is 2.27. The van der Waals surface area contributed by atoms with Crippen LogP contribution in [0.15, 0.2) is 34.9 Å². The highest BCUT2D eigenvalue weighted by molar-refractivity contribution is 5.70. The molecule has 1 aromatic carbocycles. The summed E-state index contributed by atoms with van der Waals surface area (Å²) >= 11 is 0. The van der Waals surface area contributed by atoms with Gasteiger partial charge in [-0.2, -0.15) is 0 Å². The van der Waals surface area contributed by atoms with Crippen molar-refractivity contribution in [2.75, 3.05) is 33.4 Å². The predicted molar refractivity (Wildman–Crippen MR) is 98.6 cm³/mol. The summed E-state index contributed by atoms with van der Waals surface area (Å²) < 4.78 is 21.1. The molecule has 2 atom stereocenters. The Bertz CT molecular complexity index is 743. The van der Waals surface area contributed by atoms with Crippen LogP contribution in [0.2, 0.25) is 0 Å². The van der Waals surface area contributed by atoms with Crippen LogP contribution in [-0.4, -0.2) is 55.3 Å². The van der Waals surface area contributed by atoms with E-state index in [0.29, 0.717) is 24.3 Å². The van der Waals surface area contributed by atoms with Crippen molar-refractivity contribution in [3.05, 3.63) is 47.7 Å². The van der Waals surface area contributed by atoms with Gasteiger partial charge in [-0.25, -0.2) is 9.78 Å². The largest absolute Gasteiger partial charge is 0.482 e. The molecule has 27 heavy (non-hydrogen) atoms. The summed E-state index contributed by atoms with van der Waals surface area (Å²) in [6.07, 6.45) is 2.55. The lowest BCUT2D eigenvalue weighted by atomic mass is 10.0. The third kappa shape index (κ3) is 5.30. The van der Waals surface area contributed by atoms with E-state index in [2.05, 4.69) is 21.5 Å². The average molecular weight is 374 g/mol. The molecule has 0 aliphatic carbocycles. The fourth-order valence-electron chi connectivity index (χ4n) is 3.17. The number of methoxy groups -OCH3 is 1. The molecule has 0 radical (unpaired) electrons. The summed E-state index contributed by atoms with van der Waals surface area (Å²) in [6, 6.07) is 8.19. The molecule has 7 heteroatoms. The summed E-state index contributed by atoms with van der Waals surface area (Å²) in [7, 11) is 1.34. The first kappa shape index (κ1) is 19.4. The molecule has 0 bridgehead atoms. The first-order valence-electron chi connectivity index (χ1n) is 9.11. The van der Waals surface area contributed by atoms with Crippen LogP contribution in [0.4, 0.5) is 0 Å². The Kier molecular flexibility index (Phi) is 6.47. The second kappa shape index (κ2) is 9.01. The Morgan fingerprint density at radius 2 is 2.15 bits per heavy atom. The second-order valence-corrected chi connectivity index (χ2v) is 6.71. The number of morpholine rings is 1. The van der Waals surface area contributed by atoms with Crippen molar-refractivity contribution in [3.8, 4) is 5.75 Å². The van der Waals surface area contributed by atoms with Gasteiger partial charge in [-0.3, -0.25) is 4.90 Å². The molecule has 0 amide bonds. The summed E-state index contributed by atoms with van der Waals surface area (Å²) in [5.41, 5.74) is 2.07. The van der Waals surface area contributed by atoms with Gasteiger partial charge < -0.3 is 18.6 Å². The van der Waals surface area contributed by atoms with Gasteiger partial charge >= 0.3 is 5.97 Å². The number of carbonyl (C=O) groups is 1. The van der Waals surface area contributed by atoms with Crippen molar-refractivity contribution in [1.82, 2.24) is 9.88 Å². The van der Waals surface area contributed by atoms with E-state index in [1.54, 1.807) is 6.26 Å². The van der Waals surface area contributed by atoms with E-state index in [-0.39, 0.29) is 12.7 Å². The monoisotopic (exact) mass is 374 g/mol. The minimum Gasteiger partial charge on any atom is -0.482 e. The molecule has 2 heterocycles. The summed E-state index contributed by atoms with van der Waals surface area (Å²) in [4.78, 5) is 17.9. The lowest BCUT2D eigenvalue weighted by molar-refractivity contribution is -0.142. The molecule has 1 aromatic heterocycles. The predicted octanol–water partition coefficient (Wildman–Crippen LogP) is 2.54. The molecule has 2 aromatic rings. The first-order valence-corrected chi connectivity index (χ1v) is 9.11. The number of hydrogen-bond donors (Lipinski definition) is 0. The number of oxazole rings is 1. The smallest absolute Gasteiger partial charge is 0.343 e. The van der Waals surface area contributed by atoms with Crippen LogP contribution in [0, 0.1) is 6.92 Å². The Balaban J connectivity index is 1.53. The molecule has 1 saturated heterocycles. The number of carbonyl (C=O) groups excluding carboxylic acids is 1. The molecular weight excluding hydrogens is 348 g/mol. The highest BCUT2D eigenvalue weighted by atomic mass is 16.6. The molecule has 3 rings (SSSR count). The van der Waals surface area contributed by atoms with E-state index in [9.17, 15) is 4.79 Å². The number of aryl methyl sites for hydroxylation is 1. The third-order valence-electron chi connectivity index (χ3n) is 4.73. The lowest BCUT2D eigenvalue weighted by Gasteiger charge is -2.36. The number of ether oxygens (including phenoxy) is 3. The Morgan fingerprint density at radius 3 is 2.81 bits per heavy atom. The van der Waals surface area contributed by atoms with Crippen molar-refractivity contribution < 1.29 is 23.4 Å². The maximum absolute atomic E-state index is 11.1. The summed E-state index contributed by atoms with van der Waals surface area (Å²) in [6.45, 7) is 6.36. The molecular formula is C20H26N2O5. The maximum atomic E-state index is 11.1. The number of hydrogen-bond acceptors (Lipinski definition) is 7. The van der Waals surface area contributed by atoms with Crippen LogP contribution in [0.5, 0.6) is 5.75 Å². The Morgan fingerprint density at radius 1 is 1.37 bits per heavy atom. The maximum Gasteiger partial charge on any atom is 0.343 e. The van der Waals surface area contributed by atoms with E-state index in [0.717, 1.165) is 25.2 Å². The number of aromatic nitrogens is 1. The first-order chi connectivity index (χ1) is 13.0. The number of nitrogens with zero attached hydrogens (tertiary/aromatic N) is 2. The molecule has 2 unspecified atom stereocenters. The second-order valence-electron chi connectivity index (χ2n) is 6.71. The quantitative estimate of drug-likeness (QED) is 0.690. The van der Waals surface area contributed by atoms with Crippen LogP contribution in [0.3, 0.4) is 0 Å². The van der Waals surface area contributed by atoms with E-state index < -0.39 is 5.97 Å². The van der Waals surface area contributed by atoms with Crippen molar-refractivity contribution in [3.63, 3.8) is 0 Å². The van der Waals surface area contributed by atoms with Gasteiger partial charge in [0.05, 0.1) is 13.7 Å². The molecule has 0 saturated carbocycles. The van der Waals surface area contributed by atoms with Crippen molar-refractivity contribution in [1.29, 1.82) is 0 Å². The van der Waals surface area contributed by atoms with E-state index in [1.807, 2.05) is 31.2 Å². The van der Waals surface area contributed by atoms with Gasteiger partial charge in [0, 0.05) is 26.1 Å². The number of benzene rings is 1. The van der Waals surface area contributed by atoms with Crippen LogP contribution in [-0.2, 0) is 20.7 Å². The molecule has 146 valence electrons. The Labute approximate surface area is 159 Å². The van der Waals surface area contributed by atoms with Crippen LogP contribution >= 0.6 is 0 Å². The summed E-state index contributed by atoms with van der Waals surface area (Å²) in [5, 5.41) is 0. The lowest BCUT2D eigenvalue weighted by Crippen LogP contribution is -2.44. The molecule has 1 aliphatic rings. The standard InChI is InChI=1S/C20H26N2O5/c1-14(10-16-4-6-17(7-5-16)27-13-20(23)24-3)22-8-9-25-19(11-22)18-12-26-15(2)21-18/h4-7,12,14,19H,8-11,13H2,1-3H3.